The van der Waals surface area contributed by atoms with Crippen molar-refractivity contribution < 1.29 is 13.3 Å². The molecule has 10 fully saturated rings. The fraction of sp³-hybridized carbons (Fsp3) is 0.232. The van der Waals surface area contributed by atoms with Crippen LogP contribution in [0.3, 0.4) is 0 Å². The Hall–Kier alpha value is -14.3. The lowest BCUT2D eigenvalue weighted by Gasteiger charge is -2.61. The molecular weight excluding hydrogens is 1840 g/mol. The van der Waals surface area contributed by atoms with Crippen molar-refractivity contribution in [2.24, 2.45) is 35.5 Å². The van der Waals surface area contributed by atoms with E-state index in [1.165, 1.54) is 310 Å². The molecule has 35 rings (SSSR count). The van der Waals surface area contributed by atoms with E-state index in [1.54, 1.807) is 5.56 Å². The van der Waals surface area contributed by atoms with Gasteiger partial charge in [-0.3, -0.25) is 0 Å². The molecule has 716 valence electrons. The van der Waals surface area contributed by atoms with Crippen LogP contribution in [0.4, 0.5) is 34.1 Å². The maximum absolute atomic E-state index is 6.77. The fourth-order valence-electron chi connectivity index (χ4n) is 31.3. The van der Waals surface area contributed by atoms with Gasteiger partial charge in [0.05, 0.1) is 36.8 Å². The third kappa shape index (κ3) is 14.3. The lowest BCUT2D eigenvalue weighted by atomic mass is 9.48. The molecule has 10 saturated carbocycles. The number of hydrogen-bond acceptors (Lipinski definition) is 9. The standard InChI is InChI=1S/C54H41NOS.C42H33NOS.C42H39NOS/c1-2-12-39-36(10-1)11-9-17-40(39)42-24-25-47(43-14-4-3-13-41(42)43)55(38-22-20-37(21-23-38)54-30-33-26-34(31-54)28-35(27-33)32-54)48-29-46-44-15-5-7-18-49(44)56-52(46)51-45-16-6-8-19-50(45)57-53(48)51;1-2-8-31-28(7-1)13-14-29-20-30(15-16-32(29)31)43(42-22-25-17-26(23-42)19-27(18-25)24-42)36-21-35-33-9-3-5-11-37(33)44-40(35)39-34-10-4-6-12-38(34)45-41(36)39;1-3-11-28(12-4-1)30-19-23-32(24-20-30)43(33-25-21-31(22-26-33)29-13-5-2-6-14-29)37-27-36-34-15-7-9-17-38(34)44-41(36)40-35-16-8-10-18-39(35)45-42(37)40/h1-25,29,33-35H,26-28,30-32H2;1-16,20-21,25-27H,17-19,22-24H2;1-18,27,30-33H,19-26H2. The smallest absolute Gasteiger partial charge is 0.144 e. The summed E-state index contributed by atoms with van der Waals surface area (Å²) in [5.74, 6) is 6.62. The van der Waals surface area contributed by atoms with Gasteiger partial charge in [0, 0.05) is 113 Å². The van der Waals surface area contributed by atoms with Crippen molar-refractivity contribution in [3.05, 3.63) is 399 Å². The maximum atomic E-state index is 6.77. The molecule has 0 aliphatic heterocycles. The van der Waals surface area contributed by atoms with E-state index in [9.17, 15) is 0 Å². The minimum absolute atomic E-state index is 0.135. The molecule has 6 aromatic heterocycles. The second-order valence-electron chi connectivity index (χ2n) is 45.2. The van der Waals surface area contributed by atoms with Crippen LogP contribution in [-0.2, 0) is 5.41 Å². The fourth-order valence-corrected chi connectivity index (χ4v) is 35.0. The van der Waals surface area contributed by atoms with Gasteiger partial charge in [-0.05, 0) is 332 Å². The van der Waals surface area contributed by atoms with Gasteiger partial charge in [-0.2, -0.15) is 0 Å². The average Bonchev–Trinajstić information content (AvgIpc) is 1.67. The van der Waals surface area contributed by atoms with Gasteiger partial charge in [0.15, 0.2) is 0 Å². The number of para-hydroxylation sites is 3. The SMILES string of the molecule is c1ccc(C2CCC(N(c3cc4c5ccccc5oc4c4c3sc3ccccc34)C3CCC(c4ccccc4)CC3)CC2)cc1.c1ccc2c(-c3ccc(N(c4ccc(C56CC7CC(CC(C7)C5)C6)cc4)c4cc5c6ccccc6oc5c5c4sc4ccccc45)c4ccccc34)cccc2c1.c1ccc2c(c1)ccc1cc(N(c3cc4c5ccccc5oc4c4c3sc3ccccc34)C34CC5CC(CC(C5)C3)C4)ccc12. The molecule has 0 radical (unpaired) electrons. The summed E-state index contributed by atoms with van der Waals surface area (Å²) in [7, 11) is 0. The van der Waals surface area contributed by atoms with Gasteiger partial charge >= 0.3 is 0 Å². The number of fused-ring (bicyclic) bond motifs is 26. The van der Waals surface area contributed by atoms with E-state index in [2.05, 4.69) is 397 Å². The van der Waals surface area contributed by atoms with Crippen molar-refractivity contribution in [1.82, 2.24) is 0 Å². The zero-order chi connectivity index (χ0) is 96.3. The minimum atomic E-state index is 0.135. The van der Waals surface area contributed by atoms with Crippen molar-refractivity contribution in [2.45, 2.75) is 163 Å². The number of benzene rings is 19. The van der Waals surface area contributed by atoms with Gasteiger partial charge in [0.1, 0.15) is 33.5 Å². The highest BCUT2D eigenvalue weighted by molar-refractivity contribution is 7.27. The molecule has 6 nitrogen and oxygen atoms in total. The quantitative estimate of drug-likeness (QED) is 0.107. The molecular formula is C138H113N3O3S3. The van der Waals surface area contributed by atoms with Gasteiger partial charge in [0.25, 0.3) is 0 Å². The predicted octanol–water partition coefficient (Wildman–Crippen LogP) is 40.4. The Morgan fingerprint density at radius 3 is 1.13 bits per heavy atom. The predicted molar refractivity (Wildman–Crippen MR) is 625 cm³/mol. The van der Waals surface area contributed by atoms with Gasteiger partial charge in [-0.1, -0.05) is 297 Å². The molecule has 25 aromatic rings. The molecule has 6 heterocycles. The van der Waals surface area contributed by atoms with Crippen LogP contribution >= 0.6 is 34.0 Å². The van der Waals surface area contributed by atoms with E-state index in [4.69, 9.17) is 13.3 Å². The van der Waals surface area contributed by atoms with Gasteiger partial charge in [-0.15, -0.1) is 34.0 Å². The van der Waals surface area contributed by atoms with Crippen molar-refractivity contribution >= 4 is 238 Å². The topological polar surface area (TPSA) is 49.1 Å². The first-order valence-corrected chi connectivity index (χ1v) is 56.9. The zero-order valence-electron chi connectivity index (χ0n) is 82.6. The molecule has 0 amide bonds. The molecule has 0 unspecified atom stereocenters. The highest BCUT2D eigenvalue weighted by Crippen LogP contribution is 2.65. The Morgan fingerprint density at radius 1 is 0.245 bits per heavy atom. The minimum Gasteiger partial charge on any atom is -0.455 e. The Bertz CT molecular complexity index is 9410. The van der Waals surface area contributed by atoms with Gasteiger partial charge in [-0.25, -0.2) is 0 Å². The van der Waals surface area contributed by atoms with Gasteiger partial charge < -0.3 is 28.0 Å². The number of rotatable bonds is 13. The van der Waals surface area contributed by atoms with Crippen molar-refractivity contribution in [2.75, 3.05) is 14.7 Å². The summed E-state index contributed by atoms with van der Waals surface area (Å²) in [6, 6.07) is 143. The van der Waals surface area contributed by atoms with Crippen LogP contribution in [0, 0.1) is 35.5 Å². The second kappa shape index (κ2) is 34.7. The molecule has 0 atom stereocenters. The van der Waals surface area contributed by atoms with E-state index in [0.29, 0.717) is 29.3 Å². The molecule has 147 heavy (non-hydrogen) atoms. The normalized spacial score (nSPS) is 22.6. The molecule has 19 aromatic carbocycles. The van der Waals surface area contributed by atoms with Crippen LogP contribution < -0.4 is 14.7 Å². The molecule has 0 N–H and O–H groups in total. The average molecular weight is 1960 g/mol. The summed E-state index contributed by atoms with van der Waals surface area (Å²) in [5.41, 5.74) is 21.2. The van der Waals surface area contributed by atoms with Crippen molar-refractivity contribution in [1.29, 1.82) is 0 Å². The monoisotopic (exact) mass is 1960 g/mol. The molecule has 10 aliphatic rings. The lowest BCUT2D eigenvalue weighted by Crippen LogP contribution is -2.58. The van der Waals surface area contributed by atoms with E-state index in [1.807, 2.05) is 34.0 Å². The highest BCUT2D eigenvalue weighted by atomic mass is 32.1. The Kier molecular flexibility index (Phi) is 20.5. The molecule has 9 heteroatoms. The molecule has 0 spiro atoms. The van der Waals surface area contributed by atoms with E-state index < -0.39 is 0 Å². The lowest BCUT2D eigenvalue weighted by molar-refractivity contribution is -0.00518. The van der Waals surface area contributed by atoms with Crippen molar-refractivity contribution in [3.63, 3.8) is 0 Å². The molecule has 10 aliphatic carbocycles. The Morgan fingerprint density at radius 2 is 0.619 bits per heavy atom. The van der Waals surface area contributed by atoms with Crippen LogP contribution in [-0.4, -0.2) is 17.6 Å². The number of thiophene rings is 3. The Labute approximate surface area is 867 Å². The summed E-state index contributed by atoms with van der Waals surface area (Å²) in [6.07, 6.45) is 26.7. The van der Waals surface area contributed by atoms with Crippen LogP contribution in [0.15, 0.2) is 395 Å². The largest absolute Gasteiger partial charge is 0.455 e. The molecule has 0 saturated heterocycles. The summed E-state index contributed by atoms with van der Waals surface area (Å²) in [4.78, 5) is 8.38. The van der Waals surface area contributed by atoms with E-state index in [0.717, 1.165) is 79.8 Å². The van der Waals surface area contributed by atoms with Gasteiger partial charge in [0.2, 0.25) is 0 Å². The first-order chi connectivity index (χ1) is 72.7. The summed E-state index contributed by atoms with van der Waals surface area (Å²) in [6.45, 7) is 0. The van der Waals surface area contributed by atoms with E-state index >= 15 is 0 Å². The van der Waals surface area contributed by atoms with Crippen LogP contribution in [0.5, 0.6) is 0 Å². The summed E-state index contributed by atoms with van der Waals surface area (Å²) >= 11 is 5.78. The number of anilines is 6. The first-order valence-electron chi connectivity index (χ1n) is 54.5. The summed E-state index contributed by atoms with van der Waals surface area (Å²) in [5, 5.41) is 25.2. The number of hydrogen-bond donors (Lipinski definition) is 0. The van der Waals surface area contributed by atoms with Crippen molar-refractivity contribution in [3.8, 4) is 11.1 Å². The number of nitrogens with zero attached hydrogens (tertiary/aromatic N) is 3. The third-order valence-corrected chi connectivity index (χ3v) is 40.4. The molecule has 8 bridgehead atoms. The third-order valence-electron chi connectivity index (χ3n) is 36.9. The van der Waals surface area contributed by atoms with Crippen LogP contribution in [0.25, 0.3) is 181 Å². The van der Waals surface area contributed by atoms with Crippen LogP contribution in [0.1, 0.15) is 157 Å². The van der Waals surface area contributed by atoms with Crippen LogP contribution in [0.2, 0.25) is 0 Å². The maximum Gasteiger partial charge on any atom is 0.144 e. The highest BCUT2D eigenvalue weighted by Gasteiger charge is 2.56. The first kappa shape index (κ1) is 86.9. The van der Waals surface area contributed by atoms with E-state index in [-0.39, 0.29) is 5.54 Å². The summed E-state index contributed by atoms with van der Waals surface area (Å²) < 4.78 is 28.1. The Balaban J connectivity index is 0.000000101. The zero-order valence-corrected chi connectivity index (χ0v) is 85.0. The second-order valence-corrected chi connectivity index (χ2v) is 48.4. The number of furan rings is 3.